The van der Waals surface area contributed by atoms with Gasteiger partial charge in [0.25, 0.3) is 0 Å². The third-order valence-electron chi connectivity index (χ3n) is 4.26. The number of amides is 1. The smallest absolute Gasteiger partial charge is 0.543 e. The van der Waals surface area contributed by atoms with Crippen LogP contribution < -0.4 is 39.4 Å². The second kappa shape index (κ2) is 8.43. The van der Waals surface area contributed by atoms with Crippen molar-refractivity contribution < 1.29 is 49.0 Å². The first-order chi connectivity index (χ1) is 11.1. The number of hydrogen-bond donors (Lipinski definition) is 0. The topological polar surface area (TPSA) is 69.7 Å². The molecule has 0 spiro atoms. The molecule has 1 saturated heterocycles. The molecular formula is C17H18NNaO4S. The number of ether oxygens (including phenoxy) is 1. The van der Waals surface area contributed by atoms with Crippen LogP contribution in [0.4, 0.5) is 0 Å². The summed E-state index contributed by atoms with van der Waals surface area (Å²) in [4.78, 5) is 25.5. The van der Waals surface area contributed by atoms with Crippen molar-refractivity contribution in [1.29, 1.82) is 0 Å². The molecule has 5 nitrogen and oxygen atoms in total. The molecule has 1 aromatic rings. The molecule has 1 aromatic carbocycles. The van der Waals surface area contributed by atoms with Crippen LogP contribution in [0.25, 0.3) is 0 Å². The monoisotopic (exact) mass is 355 g/mol. The second-order valence-electron chi connectivity index (χ2n) is 5.56. The molecule has 24 heavy (non-hydrogen) atoms. The summed E-state index contributed by atoms with van der Waals surface area (Å²) in [5, 5.41) is 11.4. The average Bonchev–Trinajstić information content (AvgIpc) is 2.88. The number of nitrogens with zero attached hydrogens (tertiary/aromatic N) is 1. The minimum Gasteiger partial charge on any atom is -0.543 e. The summed E-state index contributed by atoms with van der Waals surface area (Å²) in [7, 11) is 0. The fraction of sp³-hybridized carbons (Fsp3) is 0.412. The van der Waals surface area contributed by atoms with Gasteiger partial charge in [-0.05, 0) is 18.6 Å². The van der Waals surface area contributed by atoms with E-state index in [9.17, 15) is 14.7 Å². The average molecular weight is 355 g/mol. The van der Waals surface area contributed by atoms with Gasteiger partial charge in [0.15, 0.2) is 0 Å². The van der Waals surface area contributed by atoms with Gasteiger partial charge in [-0.3, -0.25) is 4.79 Å². The van der Waals surface area contributed by atoms with Crippen LogP contribution >= 0.6 is 11.8 Å². The number of β-lactam (4-membered cyclic amide) rings is 1. The third-order valence-corrected chi connectivity index (χ3v) is 5.33. The fourth-order valence-electron chi connectivity index (χ4n) is 3.16. The molecule has 122 valence electrons. The number of rotatable bonds is 7. The first-order valence-electron chi connectivity index (χ1n) is 7.71. The minimum absolute atomic E-state index is 0. The number of para-hydroxylation sites is 1. The maximum Gasteiger partial charge on any atom is 1.00 e. The van der Waals surface area contributed by atoms with Gasteiger partial charge in [-0.1, -0.05) is 25.1 Å². The van der Waals surface area contributed by atoms with Crippen molar-refractivity contribution in [3.05, 3.63) is 40.9 Å². The van der Waals surface area contributed by atoms with Crippen molar-refractivity contribution in [2.75, 3.05) is 12.4 Å². The summed E-state index contributed by atoms with van der Waals surface area (Å²) < 4.78 is 5.61. The van der Waals surface area contributed by atoms with E-state index < -0.39 is 5.97 Å². The molecule has 0 saturated carbocycles. The number of carbonyl (C=O) groups is 2. The van der Waals surface area contributed by atoms with Crippen LogP contribution in [0.15, 0.2) is 40.9 Å². The van der Waals surface area contributed by atoms with E-state index in [1.165, 1.54) is 16.7 Å². The number of hydrogen-bond acceptors (Lipinski definition) is 5. The minimum atomic E-state index is -1.26. The molecule has 0 aromatic heterocycles. The van der Waals surface area contributed by atoms with Crippen molar-refractivity contribution >= 4 is 23.6 Å². The summed E-state index contributed by atoms with van der Waals surface area (Å²) in [6.45, 7) is 2.44. The first-order valence-corrected chi connectivity index (χ1v) is 8.70. The first kappa shape index (κ1) is 19.4. The van der Waals surface area contributed by atoms with Crippen molar-refractivity contribution in [2.24, 2.45) is 5.92 Å². The predicted molar refractivity (Wildman–Crippen MR) is 85.5 cm³/mol. The quantitative estimate of drug-likeness (QED) is 0.335. The normalized spacial score (nSPS) is 21.9. The summed E-state index contributed by atoms with van der Waals surface area (Å²) in [5.41, 5.74) is 0.0643. The summed E-state index contributed by atoms with van der Waals surface area (Å²) >= 11 is 1.44. The van der Waals surface area contributed by atoms with E-state index in [-0.39, 0.29) is 53.1 Å². The maximum absolute atomic E-state index is 12.0. The Morgan fingerprint density at radius 1 is 1.38 bits per heavy atom. The Kier molecular flexibility index (Phi) is 6.80. The predicted octanol–water partition coefficient (Wildman–Crippen LogP) is -1.60. The van der Waals surface area contributed by atoms with Crippen LogP contribution in [0.2, 0.25) is 0 Å². The molecule has 1 fully saturated rings. The number of fused-ring (bicyclic) bond motifs is 1. The summed E-state index contributed by atoms with van der Waals surface area (Å²) in [6.07, 6.45) is 1.36. The largest absolute Gasteiger partial charge is 1.00 e. The molecular weight excluding hydrogens is 337 g/mol. The van der Waals surface area contributed by atoms with Gasteiger partial charge in [0.2, 0.25) is 5.91 Å². The van der Waals surface area contributed by atoms with E-state index in [4.69, 9.17) is 4.74 Å². The molecule has 0 radical (unpaired) electrons. The molecule has 2 aliphatic rings. The molecule has 2 aliphatic heterocycles. The molecule has 7 heteroatoms. The summed E-state index contributed by atoms with van der Waals surface area (Å²) in [6, 6.07) is 9.47. The van der Waals surface area contributed by atoms with Crippen molar-refractivity contribution in [1.82, 2.24) is 4.90 Å². The van der Waals surface area contributed by atoms with Gasteiger partial charge >= 0.3 is 29.6 Å². The van der Waals surface area contributed by atoms with Crippen LogP contribution in [-0.4, -0.2) is 35.2 Å². The van der Waals surface area contributed by atoms with Gasteiger partial charge in [-0.15, -0.1) is 11.8 Å². The molecule has 0 bridgehead atoms. The SMILES string of the molecule is CCC1C(=O)N2C(C(=O)[O-])=C(SCCOc3ccccc3)CC12.[Na+]. The van der Waals surface area contributed by atoms with Crippen molar-refractivity contribution in [3.63, 3.8) is 0 Å². The number of aliphatic carboxylic acids is 1. The number of thioether (sulfide) groups is 1. The Hall–Kier alpha value is -0.950. The van der Waals surface area contributed by atoms with Gasteiger partial charge in [-0.2, -0.15) is 0 Å². The Labute approximate surface area is 167 Å². The molecule has 1 amide bonds. The Bertz CT molecular complexity index is 649. The van der Waals surface area contributed by atoms with Gasteiger partial charge in [-0.25, -0.2) is 0 Å². The van der Waals surface area contributed by atoms with Gasteiger partial charge < -0.3 is 19.5 Å². The molecule has 2 atom stereocenters. The fourth-order valence-corrected chi connectivity index (χ4v) is 4.18. The van der Waals surface area contributed by atoms with Gasteiger partial charge in [0.05, 0.1) is 30.2 Å². The summed E-state index contributed by atoms with van der Waals surface area (Å²) in [5.74, 6) is 0.0171. The van der Waals surface area contributed by atoms with E-state index in [0.717, 1.165) is 17.1 Å². The van der Waals surface area contributed by atoms with Crippen molar-refractivity contribution in [3.8, 4) is 5.75 Å². The van der Waals surface area contributed by atoms with Gasteiger partial charge in [0, 0.05) is 17.1 Å². The Morgan fingerprint density at radius 2 is 2.08 bits per heavy atom. The van der Waals surface area contributed by atoms with E-state index >= 15 is 0 Å². The molecule has 0 N–H and O–H groups in total. The van der Waals surface area contributed by atoms with Gasteiger partial charge in [0.1, 0.15) is 5.75 Å². The van der Waals surface area contributed by atoms with Crippen LogP contribution in [0, 0.1) is 5.92 Å². The van der Waals surface area contributed by atoms with Crippen LogP contribution in [0.1, 0.15) is 19.8 Å². The second-order valence-corrected chi connectivity index (χ2v) is 6.75. The number of benzene rings is 1. The van der Waals surface area contributed by atoms with E-state index in [1.807, 2.05) is 37.3 Å². The van der Waals surface area contributed by atoms with E-state index in [0.29, 0.717) is 18.8 Å². The van der Waals surface area contributed by atoms with Crippen molar-refractivity contribution in [2.45, 2.75) is 25.8 Å². The standard InChI is InChI=1S/C17H19NO4S.Na/c1-2-12-13-10-14(15(17(20)21)18(13)16(12)19)23-9-8-22-11-6-4-3-5-7-11;/h3-7,12-13H,2,8-10H2,1H3,(H,20,21);/q;+1/p-1. The van der Waals surface area contributed by atoms with Crippen LogP contribution in [-0.2, 0) is 9.59 Å². The Balaban J connectivity index is 0.00000208. The van der Waals surface area contributed by atoms with E-state index in [2.05, 4.69) is 0 Å². The molecule has 2 heterocycles. The Morgan fingerprint density at radius 3 is 2.71 bits per heavy atom. The van der Waals surface area contributed by atoms with Crippen LogP contribution in [0.5, 0.6) is 5.75 Å². The molecule has 3 rings (SSSR count). The van der Waals surface area contributed by atoms with E-state index in [1.54, 1.807) is 0 Å². The van der Waals surface area contributed by atoms with Crippen LogP contribution in [0.3, 0.4) is 0 Å². The molecule has 0 aliphatic carbocycles. The number of carbonyl (C=O) groups excluding carboxylic acids is 2. The zero-order valence-corrected chi connectivity index (χ0v) is 16.7. The molecule has 2 unspecified atom stereocenters. The zero-order chi connectivity index (χ0) is 16.4. The third kappa shape index (κ3) is 3.67. The maximum atomic E-state index is 12.0. The number of carboxylic acid groups (broad SMARTS) is 1. The zero-order valence-electron chi connectivity index (χ0n) is 13.9. The number of carboxylic acids is 1.